The normalized spacial score (nSPS) is 21.1. The maximum Gasteiger partial charge on any atom is 0.240 e. The van der Waals surface area contributed by atoms with Crippen molar-refractivity contribution in [1.82, 2.24) is 15.1 Å². The van der Waals surface area contributed by atoms with E-state index >= 15 is 0 Å². The van der Waals surface area contributed by atoms with Gasteiger partial charge in [0.2, 0.25) is 5.91 Å². The highest BCUT2D eigenvalue weighted by Gasteiger charge is 2.30. The van der Waals surface area contributed by atoms with E-state index in [1.54, 1.807) is 0 Å². The number of hydrogen-bond donors (Lipinski definition) is 1. The first-order valence-corrected chi connectivity index (χ1v) is 9.30. The molecule has 0 aliphatic carbocycles. The third-order valence-electron chi connectivity index (χ3n) is 5.01. The van der Waals surface area contributed by atoms with Crippen molar-refractivity contribution in [2.45, 2.75) is 31.7 Å². The third kappa shape index (κ3) is 4.68. The summed E-state index contributed by atoms with van der Waals surface area (Å²) in [5.41, 5.74) is 1.20. The summed E-state index contributed by atoms with van der Waals surface area (Å²) < 4.78 is 0. The minimum absolute atomic E-state index is 0.00311. The van der Waals surface area contributed by atoms with Crippen LogP contribution in [0.1, 0.15) is 31.2 Å². The number of nitrogens with one attached hydrogen (secondary N) is 1. The van der Waals surface area contributed by atoms with Gasteiger partial charge < -0.3 is 10.2 Å². The molecule has 0 radical (unpaired) electrons. The molecule has 4 heteroatoms. The lowest BCUT2D eigenvalue weighted by molar-refractivity contribution is -0.138. The molecule has 4 nitrogen and oxygen atoms in total. The molecule has 0 spiro atoms. The van der Waals surface area contributed by atoms with Crippen LogP contribution in [0.4, 0.5) is 0 Å². The quantitative estimate of drug-likeness (QED) is 0.902. The van der Waals surface area contributed by atoms with Gasteiger partial charge in [-0.05, 0) is 37.9 Å². The molecule has 1 aromatic rings. The molecule has 0 saturated carbocycles. The molecular weight excluding hydrogens is 298 g/mol. The van der Waals surface area contributed by atoms with Gasteiger partial charge in [0.25, 0.3) is 0 Å². The average molecular weight is 327 g/mol. The number of piperidine rings is 1. The van der Waals surface area contributed by atoms with Crippen LogP contribution in [0, 0.1) is 0 Å². The van der Waals surface area contributed by atoms with Crippen LogP contribution in [-0.4, -0.2) is 61.0 Å². The van der Waals surface area contributed by atoms with Crippen LogP contribution in [0.15, 0.2) is 36.4 Å². The fraction of sp³-hybridized carbons (Fsp3) is 0.550. The van der Waals surface area contributed by atoms with E-state index in [0.717, 1.165) is 45.7 Å². The molecule has 1 N–H and O–H groups in total. The molecule has 24 heavy (non-hydrogen) atoms. The van der Waals surface area contributed by atoms with Gasteiger partial charge in [-0.15, -0.1) is 0 Å². The second kappa shape index (κ2) is 9.00. The number of carbonyl (C=O) groups is 1. The molecule has 3 rings (SSSR count). The zero-order valence-electron chi connectivity index (χ0n) is 14.5. The Morgan fingerprint density at radius 3 is 2.46 bits per heavy atom. The molecule has 1 aromatic carbocycles. The Balaban J connectivity index is 1.66. The number of rotatable bonds is 5. The van der Waals surface area contributed by atoms with Crippen LogP contribution in [0.25, 0.3) is 6.08 Å². The summed E-state index contributed by atoms with van der Waals surface area (Å²) >= 11 is 0. The molecule has 1 atom stereocenters. The number of likely N-dealkylation sites (tertiary alicyclic amines) is 1. The zero-order valence-corrected chi connectivity index (χ0v) is 14.5. The smallest absolute Gasteiger partial charge is 0.240 e. The average Bonchev–Trinajstić information content (AvgIpc) is 2.67. The number of carbonyl (C=O) groups excluding carboxylic acids is 1. The van der Waals surface area contributed by atoms with Gasteiger partial charge in [-0.1, -0.05) is 48.9 Å². The van der Waals surface area contributed by atoms with Crippen molar-refractivity contribution in [2.75, 3.05) is 39.3 Å². The van der Waals surface area contributed by atoms with Gasteiger partial charge >= 0.3 is 0 Å². The van der Waals surface area contributed by atoms with Crippen LogP contribution < -0.4 is 5.32 Å². The summed E-state index contributed by atoms with van der Waals surface area (Å²) in [7, 11) is 0. The molecule has 2 saturated heterocycles. The molecular formula is C20H29N3O. The Labute approximate surface area is 145 Å². The lowest BCUT2D eigenvalue weighted by Crippen LogP contribution is -2.54. The fourth-order valence-corrected chi connectivity index (χ4v) is 3.63. The lowest BCUT2D eigenvalue weighted by Gasteiger charge is -2.37. The first kappa shape index (κ1) is 17.2. The van der Waals surface area contributed by atoms with E-state index in [2.05, 4.69) is 34.5 Å². The van der Waals surface area contributed by atoms with Gasteiger partial charge in [-0.25, -0.2) is 0 Å². The molecule has 2 aliphatic heterocycles. The molecule has 2 fully saturated rings. The van der Waals surface area contributed by atoms with Crippen molar-refractivity contribution in [1.29, 1.82) is 0 Å². The summed E-state index contributed by atoms with van der Waals surface area (Å²) in [5, 5.41) is 3.33. The Bertz CT molecular complexity index is 531. The van der Waals surface area contributed by atoms with E-state index in [1.165, 1.54) is 24.8 Å². The predicted molar refractivity (Wildman–Crippen MR) is 98.8 cm³/mol. The largest absolute Gasteiger partial charge is 0.339 e. The van der Waals surface area contributed by atoms with E-state index in [1.807, 2.05) is 23.1 Å². The summed E-state index contributed by atoms with van der Waals surface area (Å²) in [6.45, 7) is 5.62. The molecule has 1 amide bonds. The Morgan fingerprint density at radius 1 is 1.04 bits per heavy atom. The zero-order chi connectivity index (χ0) is 16.6. The predicted octanol–water partition coefficient (Wildman–Crippen LogP) is 2.38. The molecule has 1 unspecified atom stereocenters. The van der Waals surface area contributed by atoms with Gasteiger partial charge in [-0.3, -0.25) is 9.69 Å². The van der Waals surface area contributed by atoms with Crippen molar-refractivity contribution in [3.63, 3.8) is 0 Å². The Hall–Kier alpha value is -1.65. The van der Waals surface area contributed by atoms with Crippen LogP contribution >= 0.6 is 0 Å². The number of hydrogen-bond acceptors (Lipinski definition) is 3. The molecule has 130 valence electrons. The van der Waals surface area contributed by atoms with E-state index < -0.39 is 0 Å². The van der Waals surface area contributed by atoms with Crippen LogP contribution in [0.3, 0.4) is 0 Å². The highest BCUT2D eigenvalue weighted by Crippen LogP contribution is 2.18. The summed E-state index contributed by atoms with van der Waals surface area (Å²) in [5.74, 6) is 0.316. The second-order valence-corrected chi connectivity index (χ2v) is 6.74. The summed E-state index contributed by atoms with van der Waals surface area (Å²) in [6.07, 6.45) is 8.85. The van der Waals surface area contributed by atoms with Crippen LogP contribution in [0.2, 0.25) is 0 Å². The number of benzene rings is 1. The molecule has 2 heterocycles. The van der Waals surface area contributed by atoms with Gasteiger partial charge in [0.15, 0.2) is 0 Å². The minimum Gasteiger partial charge on any atom is -0.339 e. The van der Waals surface area contributed by atoms with Crippen molar-refractivity contribution in [3.05, 3.63) is 42.0 Å². The van der Waals surface area contributed by atoms with Gasteiger partial charge in [0.1, 0.15) is 0 Å². The highest BCUT2D eigenvalue weighted by atomic mass is 16.2. The van der Waals surface area contributed by atoms with Crippen LogP contribution in [0.5, 0.6) is 0 Å². The maximum atomic E-state index is 13.1. The van der Waals surface area contributed by atoms with E-state index in [0.29, 0.717) is 5.91 Å². The SMILES string of the molecule is O=C(C(C/C=C\c1ccccc1)N1CCCCC1)N1CCNCC1. The summed E-state index contributed by atoms with van der Waals surface area (Å²) in [6, 6.07) is 10.3. The number of nitrogens with zero attached hydrogens (tertiary/aromatic N) is 2. The van der Waals surface area contributed by atoms with E-state index in [4.69, 9.17) is 0 Å². The minimum atomic E-state index is 0.00311. The molecule has 0 aromatic heterocycles. The highest BCUT2D eigenvalue weighted by molar-refractivity contribution is 5.82. The second-order valence-electron chi connectivity index (χ2n) is 6.74. The van der Waals surface area contributed by atoms with Gasteiger partial charge in [0.05, 0.1) is 6.04 Å². The van der Waals surface area contributed by atoms with E-state index in [-0.39, 0.29) is 6.04 Å². The molecule has 0 bridgehead atoms. The monoisotopic (exact) mass is 327 g/mol. The van der Waals surface area contributed by atoms with Crippen molar-refractivity contribution in [3.8, 4) is 0 Å². The Morgan fingerprint density at radius 2 is 1.75 bits per heavy atom. The lowest BCUT2D eigenvalue weighted by atomic mass is 10.0. The number of amides is 1. The van der Waals surface area contributed by atoms with Crippen molar-refractivity contribution < 1.29 is 4.79 Å². The van der Waals surface area contributed by atoms with Gasteiger partial charge in [0, 0.05) is 26.2 Å². The number of piperazine rings is 1. The Kier molecular flexibility index (Phi) is 6.44. The fourth-order valence-electron chi connectivity index (χ4n) is 3.63. The van der Waals surface area contributed by atoms with Crippen molar-refractivity contribution in [2.24, 2.45) is 0 Å². The standard InChI is InChI=1S/C20H29N3O/c24-20(23-16-12-21-13-17-23)19(22-14-5-2-6-15-22)11-7-10-18-8-3-1-4-9-18/h1,3-4,7-10,19,21H,2,5-6,11-17H2/b10-7-. The van der Waals surface area contributed by atoms with Gasteiger partial charge in [-0.2, -0.15) is 0 Å². The first-order valence-electron chi connectivity index (χ1n) is 9.30. The molecule has 2 aliphatic rings. The van der Waals surface area contributed by atoms with Crippen molar-refractivity contribution >= 4 is 12.0 Å². The maximum absolute atomic E-state index is 13.1. The first-order chi connectivity index (χ1) is 11.8. The van der Waals surface area contributed by atoms with E-state index in [9.17, 15) is 4.79 Å². The van der Waals surface area contributed by atoms with Crippen LogP contribution in [-0.2, 0) is 4.79 Å². The summed E-state index contributed by atoms with van der Waals surface area (Å²) in [4.78, 5) is 17.5. The topological polar surface area (TPSA) is 35.6 Å². The third-order valence-corrected chi connectivity index (χ3v) is 5.01.